The van der Waals surface area contributed by atoms with Crippen LogP contribution >= 0.6 is 23.7 Å². The third-order valence-corrected chi connectivity index (χ3v) is 6.87. The van der Waals surface area contributed by atoms with Crippen LogP contribution in [0.25, 0.3) is 21.3 Å². The summed E-state index contributed by atoms with van der Waals surface area (Å²) in [6.07, 6.45) is -4.03. The second-order valence-electron chi connectivity index (χ2n) is 8.59. The lowest BCUT2D eigenvalue weighted by Gasteiger charge is -2.16. The fraction of sp³-hybridized carbons (Fsp3) is 0.304. The van der Waals surface area contributed by atoms with E-state index in [-0.39, 0.29) is 36.7 Å². The molecule has 5 rings (SSSR count). The minimum absolute atomic E-state index is 0. The monoisotopic (exact) mass is 569 g/mol. The smallest absolute Gasteiger partial charge is 0.406 e. The lowest BCUT2D eigenvalue weighted by Crippen LogP contribution is -2.40. The van der Waals surface area contributed by atoms with Crippen molar-refractivity contribution in [3.63, 3.8) is 0 Å². The predicted octanol–water partition coefficient (Wildman–Crippen LogP) is 3.54. The Labute approximate surface area is 224 Å². The first kappa shape index (κ1) is 27.4. The fourth-order valence-electron chi connectivity index (χ4n) is 4.09. The van der Waals surface area contributed by atoms with Crippen molar-refractivity contribution in [2.45, 2.75) is 18.8 Å². The first-order valence-corrected chi connectivity index (χ1v) is 12.1. The summed E-state index contributed by atoms with van der Waals surface area (Å²) in [5.41, 5.74) is 7.96. The molecule has 0 unspecified atom stereocenters. The van der Waals surface area contributed by atoms with Gasteiger partial charge in [-0.15, -0.1) is 25.6 Å². The lowest BCUT2D eigenvalue weighted by atomic mass is 10.2. The van der Waals surface area contributed by atoms with Gasteiger partial charge in [-0.2, -0.15) is 0 Å². The molecule has 1 aliphatic heterocycles. The number of hydrogen-bond donors (Lipinski definition) is 3. The molecule has 0 spiro atoms. The summed E-state index contributed by atoms with van der Waals surface area (Å²) >= 11 is 1.15. The normalized spacial score (nSPS) is 15.5. The van der Waals surface area contributed by atoms with Crippen LogP contribution in [0.5, 0.6) is 5.75 Å². The van der Waals surface area contributed by atoms with E-state index < -0.39 is 12.3 Å². The average Bonchev–Trinajstić information content (AvgIpc) is 3.53. The largest absolute Gasteiger partial charge is 0.573 e. The first-order chi connectivity index (χ1) is 17.6. The van der Waals surface area contributed by atoms with Crippen molar-refractivity contribution in [2.75, 3.05) is 25.0 Å². The highest BCUT2D eigenvalue weighted by Crippen LogP contribution is 2.33. The van der Waals surface area contributed by atoms with Gasteiger partial charge in [0.05, 0.1) is 27.8 Å². The van der Waals surface area contributed by atoms with Crippen LogP contribution < -0.4 is 21.1 Å². The molecule has 0 bridgehead atoms. The number of alkyl halides is 3. The SMILES string of the molecule is Cl.Cn1c(Nc2nc3ccc(OC(F)(F)F)cc3s2)nc2cc(C(=O)NCC(=O)N3CC[C@H](N)C3)ccc21. The van der Waals surface area contributed by atoms with Crippen LogP contribution in [0.3, 0.4) is 0 Å². The molecule has 2 aromatic carbocycles. The van der Waals surface area contributed by atoms with Gasteiger partial charge in [0, 0.05) is 37.8 Å². The summed E-state index contributed by atoms with van der Waals surface area (Å²) < 4.78 is 43.8. The van der Waals surface area contributed by atoms with Crippen LogP contribution in [-0.2, 0) is 11.8 Å². The quantitative estimate of drug-likeness (QED) is 0.324. The Balaban J connectivity index is 0.00000336. The van der Waals surface area contributed by atoms with E-state index in [1.807, 2.05) is 0 Å². The molecule has 1 atom stereocenters. The van der Waals surface area contributed by atoms with Crippen molar-refractivity contribution < 1.29 is 27.5 Å². The average molecular weight is 570 g/mol. The molecule has 2 amide bonds. The molecule has 0 saturated carbocycles. The summed E-state index contributed by atoms with van der Waals surface area (Å²) in [5.74, 6) is -0.477. The Hall–Kier alpha value is -3.62. The molecule has 38 heavy (non-hydrogen) atoms. The maximum absolute atomic E-state index is 12.6. The second-order valence-corrected chi connectivity index (χ2v) is 9.62. The van der Waals surface area contributed by atoms with E-state index in [2.05, 4.69) is 25.3 Å². The van der Waals surface area contributed by atoms with Crippen molar-refractivity contribution in [3.05, 3.63) is 42.0 Å². The van der Waals surface area contributed by atoms with Gasteiger partial charge in [-0.25, -0.2) is 9.97 Å². The Morgan fingerprint density at radius 3 is 2.68 bits per heavy atom. The number of aryl methyl sites for hydroxylation is 1. The van der Waals surface area contributed by atoms with Gasteiger partial charge in [0.1, 0.15) is 5.75 Å². The Kier molecular flexibility index (Phi) is 7.67. The molecule has 0 radical (unpaired) electrons. The summed E-state index contributed by atoms with van der Waals surface area (Å²) in [4.78, 5) is 35.5. The van der Waals surface area contributed by atoms with Crippen molar-refractivity contribution in [1.82, 2.24) is 24.8 Å². The Morgan fingerprint density at radius 2 is 1.97 bits per heavy atom. The highest BCUT2D eigenvalue weighted by Gasteiger charge is 2.31. The predicted molar refractivity (Wildman–Crippen MR) is 139 cm³/mol. The van der Waals surface area contributed by atoms with Gasteiger partial charge in [-0.3, -0.25) is 9.59 Å². The number of imidazole rings is 1. The molecule has 3 heterocycles. The summed E-state index contributed by atoms with van der Waals surface area (Å²) in [7, 11) is 1.78. The fourth-order valence-corrected chi connectivity index (χ4v) is 4.98. The molecular formula is C23H23ClF3N7O3S. The third kappa shape index (κ3) is 5.92. The number of aromatic nitrogens is 3. The number of fused-ring (bicyclic) bond motifs is 2. The number of rotatable bonds is 6. The van der Waals surface area contributed by atoms with Gasteiger partial charge < -0.3 is 30.6 Å². The number of benzene rings is 2. The molecule has 1 fully saturated rings. The topological polar surface area (TPSA) is 127 Å². The molecule has 1 aliphatic rings. The van der Waals surface area contributed by atoms with Gasteiger partial charge in [0.15, 0.2) is 5.13 Å². The van der Waals surface area contributed by atoms with Crippen LogP contribution in [0.1, 0.15) is 16.8 Å². The van der Waals surface area contributed by atoms with E-state index in [0.717, 1.165) is 23.3 Å². The number of nitrogens with two attached hydrogens (primary N) is 1. The molecule has 1 saturated heterocycles. The maximum atomic E-state index is 12.6. The number of thiazole rings is 1. The zero-order chi connectivity index (χ0) is 26.3. The zero-order valence-corrected chi connectivity index (χ0v) is 21.5. The van der Waals surface area contributed by atoms with E-state index >= 15 is 0 Å². The second kappa shape index (κ2) is 10.6. The van der Waals surface area contributed by atoms with Gasteiger partial charge >= 0.3 is 6.36 Å². The Bertz CT molecular complexity index is 1510. The van der Waals surface area contributed by atoms with Gasteiger partial charge in [-0.1, -0.05) is 11.3 Å². The standard InChI is InChI=1S/C23H22F3N7O3S.ClH/c1-32-17-5-2-12(20(35)28-10-19(34)33-7-6-13(27)11-33)8-16(17)29-21(32)31-22-30-15-4-3-14(9-18(15)37-22)36-23(24,25)26;/h2-5,8-9,13H,6-7,10-11,27H2,1H3,(H,28,35)(H,29,30,31);1H/t13-;/m0./s1. The van der Waals surface area contributed by atoms with E-state index in [9.17, 15) is 22.8 Å². The van der Waals surface area contributed by atoms with E-state index in [1.165, 1.54) is 18.2 Å². The van der Waals surface area contributed by atoms with Crippen LogP contribution in [0, 0.1) is 0 Å². The van der Waals surface area contributed by atoms with Gasteiger partial charge in [-0.05, 0) is 36.8 Å². The minimum atomic E-state index is -4.78. The molecule has 2 aromatic heterocycles. The molecule has 0 aliphatic carbocycles. The van der Waals surface area contributed by atoms with E-state index in [0.29, 0.717) is 45.5 Å². The van der Waals surface area contributed by atoms with Crippen molar-refractivity contribution in [1.29, 1.82) is 0 Å². The molecule has 4 N–H and O–H groups in total. The summed E-state index contributed by atoms with van der Waals surface area (Å²) in [6, 6.07) is 8.88. The van der Waals surface area contributed by atoms with Crippen LogP contribution in [0.2, 0.25) is 0 Å². The number of likely N-dealkylation sites (tertiary alicyclic amines) is 1. The number of hydrogen-bond acceptors (Lipinski definition) is 8. The maximum Gasteiger partial charge on any atom is 0.573 e. The molecule has 202 valence electrons. The van der Waals surface area contributed by atoms with E-state index in [4.69, 9.17) is 5.73 Å². The number of nitrogens with zero attached hydrogens (tertiary/aromatic N) is 4. The summed E-state index contributed by atoms with van der Waals surface area (Å²) in [5, 5.41) is 6.14. The summed E-state index contributed by atoms with van der Waals surface area (Å²) in [6.45, 7) is 0.955. The van der Waals surface area contributed by atoms with Crippen molar-refractivity contribution >= 4 is 67.9 Å². The number of carbonyl (C=O) groups excluding carboxylic acids is 2. The van der Waals surface area contributed by atoms with Crippen molar-refractivity contribution in [2.24, 2.45) is 12.8 Å². The first-order valence-electron chi connectivity index (χ1n) is 11.3. The number of amides is 2. The van der Waals surface area contributed by atoms with Crippen LogP contribution in [0.15, 0.2) is 36.4 Å². The van der Waals surface area contributed by atoms with Crippen LogP contribution in [0.4, 0.5) is 24.3 Å². The van der Waals surface area contributed by atoms with Crippen molar-refractivity contribution in [3.8, 4) is 5.75 Å². The zero-order valence-electron chi connectivity index (χ0n) is 19.9. The van der Waals surface area contributed by atoms with Gasteiger partial charge in [0.2, 0.25) is 11.9 Å². The number of carbonyl (C=O) groups is 2. The molecule has 4 aromatic rings. The number of halogens is 4. The number of anilines is 2. The highest BCUT2D eigenvalue weighted by molar-refractivity contribution is 7.22. The van der Waals surface area contributed by atoms with Crippen LogP contribution in [-0.4, -0.2) is 63.3 Å². The highest BCUT2D eigenvalue weighted by atomic mass is 35.5. The van der Waals surface area contributed by atoms with E-state index in [1.54, 1.807) is 34.7 Å². The van der Waals surface area contributed by atoms with Gasteiger partial charge in [0.25, 0.3) is 5.91 Å². The molecule has 15 heteroatoms. The lowest BCUT2D eigenvalue weighted by molar-refractivity contribution is -0.274. The minimum Gasteiger partial charge on any atom is -0.406 e. The third-order valence-electron chi connectivity index (χ3n) is 5.93. The molecular weight excluding hydrogens is 547 g/mol. The Morgan fingerprint density at radius 1 is 1.18 bits per heavy atom. The molecule has 10 nitrogen and oxygen atoms in total. The number of nitrogens with one attached hydrogen (secondary N) is 2. The number of ether oxygens (including phenoxy) is 1.